The summed E-state index contributed by atoms with van der Waals surface area (Å²) in [5, 5.41) is 2.45. The maximum atomic E-state index is 4.71. The van der Waals surface area contributed by atoms with Crippen LogP contribution in [0.3, 0.4) is 0 Å². The number of nitrogens with zero attached hydrogens (tertiary/aromatic N) is 1. The minimum absolute atomic E-state index is 0.915. The lowest BCUT2D eigenvalue weighted by atomic mass is 10.1. The van der Waals surface area contributed by atoms with Crippen molar-refractivity contribution in [1.82, 2.24) is 4.98 Å². The quantitative estimate of drug-likeness (QED) is 0.381. The predicted octanol–water partition coefficient (Wildman–Crippen LogP) is 4.67. The summed E-state index contributed by atoms with van der Waals surface area (Å²) in [6.45, 7) is 3.80. The first-order valence-corrected chi connectivity index (χ1v) is 6.90. The molecule has 18 heavy (non-hydrogen) atoms. The maximum Gasteiger partial charge on any atom is 0.0721 e. The first-order valence-electron chi connectivity index (χ1n) is 5.91. The fraction of sp³-hybridized carbons (Fsp3) is 0.0625. The lowest BCUT2D eigenvalue weighted by Crippen LogP contribution is -1.87. The summed E-state index contributed by atoms with van der Waals surface area (Å²) in [6, 6.07) is 16.6. The van der Waals surface area contributed by atoms with Gasteiger partial charge in [0, 0.05) is 21.4 Å². The number of benzene rings is 2. The predicted molar refractivity (Wildman–Crippen MR) is 80.2 cm³/mol. The molecule has 1 nitrogen and oxygen atoms in total. The highest BCUT2D eigenvalue weighted by Gasteiger charge is 2.07. The van der Waals surface area contributed by atoms with Crippen LogP contribution >= 0.6 is 11.8 Å². The third kappa shape index (κ3) is 1.89. The number of hydrogen-bond donors (Lipinski definition) is 0. The molecule has 0 aliphatic carbocycles. The van der Waals surface area contributed by atoms with E-state index in [4.69, 9.17) is 4.98 Å². The largest absolute Gasteiger partial charge is 0.248 e. The van der Waals surface area contributed by atoms with Gasteiger partial charge in [0.1, 0.15) is 0 Å². The van der Waals surface area contributed by atoms with Gasteiger partial charge in [-0.3, -0.25) is 0 Å². The lowest BCUT2D eigenvalue weighted by Gasteiger charge is -2.09. The lowest BCUT2D eigenvalue weighted by molar-refractivity contribution is 1.45. The normalized spacial score (nSPS) is 10.9. The molecule has 3 rings (SSSR count). The molecule has 0 aliphatic rings. The zero-order chi connectivity index (χ0) is 12.4. The van der Waals surface area contributed by atoms with Crippen LogP contribution in [0.15, 0.2) is 66.1 Å². The van der Waals surface area contributed by atoms with Crippen molar-refractivity contribution >= 4 is 33.6 Å². The molecule has 2 heteroatoms. The van der Waals surface area contributed by atoms with Crippen molar-refractivity contribution < 1.29 is 0 Å². The molecular formula is C16H13NS. The van der Waals surface area contributed by atoms with E-state index in [9.17, 15) is 0 Å². The Morgan fingerprint density at radius 2 is 1.50 bits per heavy atom. The monoisotopic (exact) mass is 251 g/mol. The third-order valence-electron chi connectivity index (χ3n) is 2.88. The van der Waals surface area contributed by atoms with Crippen LogP contribution in [0.2, 0.25) is 0 Å². The maximum absolute atomic E-state index is 4.71. The summed E-state index contributed by atoms with van der Waals surface area (Å²) >= 11 is 1.82. The van der Waals surface area contributed by atoms with Gasteiger partial charge in [-0.25, -0.2) is 4.98 Å². The standard InChI is InChI=1S/C16H13NS/c1-2-11-18-16-12-7-3-5-9-14(12)17-15-10-6-4-8-13(15)16/h2-10H,1,11H2. The van der Waals surface area contributed by atoms with Crippen LogP contribution in [0.4, 0.5) is 0 Å². The Kier molecular flexibility index (Phi) is 3.03. The molecule has 0 radical (unpaired) electrons. The minimum Gasteiger partial charge on any atom is -0.248 e. The summed E-state index contributed by atoms with van der Waals surface area (Å²) in [6.07, 6.45) is 1.94. The smallest absolute Gasteiger partial charge is 0.0721 e. The average Bonchev–Trinajstić information content (AvgIpc) is 2.43. The molecule has 0 saturated heterocycles. The highest BCUT2D eigenvalue weighted by Crippen LogP contribution is 2.33. The Bertz CT molecular complexity index is 664. The van der Waals surface area contributed by atoms with Crippen LogP contribution in [0.25, 0.3) is 21.8 Å². The van der Waals surface area contributed by atoms with Crippen LogP contribution in [-0.2, 0) is 0 Å². The summed E-state index contributed by atoms with van der Waals surface area (Å²) in [5.41, 5.74) is 2.12. The Morgan fingerprint density at radius 3 is 2.06 bits per heavy atom. The van der Waals surface area contributed by atoms with Crippen molar-refractivity contribution in [3.8, 4) is 0 Å². The minimum atomic E-state index is 0.915. The first kappa shape index (κ1) is 11.3. The van der Waals surface area contributed by atoms with Gasteiger partial charge in [0.2, 0.25) is 0 Å². The molecule has 1 aromatic heterocycles. The van der Waals surface area contributed by atoms with Gasteiger partial charge in [-0.1, -0.05) is 42.5 Å². The van der Waals surface area contributed by atoms with E-state index in [1.165, 1.54) is 15.7 Å². The second-order valence-electron chi connectivity index (χ2n) is 4.07. The van der Waals surface area contributed by atoms with Gasteiger partial charge >= 0.3 is 0 Å². The van der Waals surface area contributed by atoms with E-state index in [1.807, 2.05) is 30.0 Å². The van der Waals surface area contributed by atoms with Crippen molar-refractivity contribution in [3.05, 3.63) is 61.2 Å². The molecular weight excluding hydrogens is 238 g/mol. The van der Waals surface area contributed by atoms with Crippen molar-refractivity contribution in [2.45, 2.75) is 4.90 Å². The van der Waals surface area contributed by atoms with Gasteiger partial charge in [-0.15, -0.1) is 18.3 Å². The Balaban J connectivity index is 2.37. The highest BCUT2D eigenvalue weighted by molar-refractivity contribution is 7.99. The number of rotatable bonds is 3. The molecule has 0 aliphatic heterocycles. The number of thioether (sulfide) groups is 1. The van der Waals surface area contributed by atoms with Crippen LogP contribution in [0.5, 0.6) is 0 Å². The van der Waals surface area contributed by atoms with Crippen molar-refractivity contribution in [2.24, 2.45) is 0 Å². The molecule has 0 amide bonds. The van der Waals surface area contributed by atoms with E-state index in [2.05, 4.69) is 43.0 Å². The fourth-order valence-electron chi connectivity index (χ4n) is 2.10. The van der Waals surface area contributed by atoms with Gasteiger partial charge < -0.3 is 0 Å². The molecule has 1 heterocycles. The summed E-state index contributed by atoms with van der Waals surface area (Å²) in [4.78, 5) is 6.01. The van der Waals surface area contributed by atoms with E-state index in [0.29, 0.717) is 0 Å². The van der Waals surface area contributed by atoms with Crippen molar-refractivity contribution in [1.29, 1.82) is 0 Å². The van der Waals surface area contributed by atoms with Crippen molar-refractivity contribution in [3.63, 3.8) is 0 Å². The van der Waals surface area contributed by atoms with Gasteiger partial charge in [-0.2, -0.15) is 0 Å². The number of fused-ring (bicyclic) bond motifs is 2. The van der Waals surface area contributed by atoms with Gasteiger partial charge in [0.15, 0.2) is 0 Å². The summed E-state index contributed by atoms with van der Waals surface area (Å²) in [5.74, 6) is 0.915. The van der Waals surface area contributed by atoms with Crippen LogP contribution in [0, 0.1) is 0 Å². The number of hydrogen-bond acceptors (Lipinski definition) is 2. The molecule has 0 bridgehead atoms. The molecule has 3 aromatic rings. The molecule has 0 saturated carbocycles. The van der Waals surface area contributed by atoms with Crippen LogP contribution in [0.1, 0.15) is 0 Å². The fourth-order valence-corrected chi connectivity index (χ4v) is 3.04. The number of pyridine rings is 1. The van der Waals surface area contributed by atoms with E-state index in [0.717, 1.165) is 16.8 Å². The van der Waals surface area contributed by atoms with Crippen LogP contribution in [-0.4, -0.2) is 10.7 Å². The molecule has 0 N–H and O–H groups in total. The van der Waals surface area contributed by atoms with Gasteiger partial charge in [-0.05, 0) is 12.1 Å². The Morgan fingerprint density at radius 1 is 0.944 bits per heavy atom. The first-order chi connectivity index (χ1) is 8.90. The van der Waals surface area contributed by atoms with E-state index >= 15 is 0 Å². The second-order valence-corrected chi connectivity index (χ2v) is 5.11. The summed E-state index contributed by atoms with van der Waals surface area (Å²) in [7, 11) is 0. The van der Waals surface area contributed by atoms with Crippen molar-refractivity contribution in [2.75, 3.05) is 5.75 Å². The Hall–Kier alpha value is -1.80. The SMILES string of the molecule is C=CCSc1c2ccccc2nc2ccccc12. The van der Waals surface area contributed by atoms with Crippen LogP contribution < -0.4 is 0 Å². The van der Waals surface area contributed by atoms with Gasteiger partial charge in [0.25, 0.3) is 0 Å². The summed E-state index contributed by atoms with van der Waals surface area (Å²) < 4.78 is 0. The molecule has 0 fully saturated rings. The molecule has 0 spiro atoms. The average molecular weight is 251 g/mol. The van der Waals surface area contributed by atoms with E-state index in [1.54, 1.807) is 0 Å². The van der Waals surface area contributed by atoms with E-state index in [-0.39, 0.29) is 0 Å². The topological polar surface area (TPSA) is 12.9 Å². The molecule has 88 valence electrons. The molecule has 2 aromatic carbocycles. The molecule has 0 unspecified atom stereocenters. The highest BCUT2D eigenvalue weighted by atomic mass is 32.2. The zero-order valence-electron chi connectivity index (χ0n) is 9.97. The zero-order valence-corrected chi connectivity index (χ0v) is 10.8. The van der Waals surface area contributed by atoms with Gasteiger partial charge in [0.05, 0.1) is 11.0 Å². The second kappa shape index (κ2) is 4.83. The Labute approximate surface area is 111 Å². The molecule has 0 atom stereocenters. The van der Waals surface area contributed by atoms with E-state index < -0.39 is 0 Å². The number of aromatic nitrogens is 1. The third-order valence-corrected chi connectivity index (χ3v) is 4.01. The number of para-hydroxylation sites is 2.